The minimum absolute atomic E-state index is 0.0593. The fraction of sp³-hybridized carbons (Fsp3) is 0.300. The zero-order chi connectivity index (χ0) is 33.8. The second kappa shape index (κ2) is 16.4. The number of nitrogens with one attached hydrogen (secondary N) is 3. The molecular weight excluding hydrogens is 617 g/mol. The number of rotatable bonds is 12. The van der Waals surface area contributed by atoms with Crippen LogP contribution in [0.1, 0.15) is 43.5 Å². The number of hydrogen-bond acceptors (Lipinski definition) is 8. The first-order valence-corrected chi connectivity index (χ1v) is 15.3. The van der Waals surface area contributed by atoms with E-state index < -0.39 is 28.0 Å². The molecule has 3 rings (SSSR count). The van der Waals surface area contributed by atoms with Crippen LogP contribution in [-0.4, -0.2) is 49.8 Å². The smallest absolute Gasteiger partial charge is 0.490 e. The molecule has 0 heterocycles. The average Bonchev–Trinajstić information content (AvgIpc) is 2.98. The number of anilines is 2. The normalized spacial score (nSPS) is 11.8. The number of carboxylic acids is 1. The molecule has 244 valence electrons. The predicted octanol–water partition coefficient (Wildman–Crippen LogP) is 4.40. The summed E-state index contributed by atoms with van der Waals surface area (Å²) in [6.07, 6.45) is -5.08. The van der Waals surface area contributed by atoms with E-state index in [2.05, 4.69) is 16.0 Å². The van der Waals surface area contributed by atoms with E-state index in [1.54, 1.807) is 19.1 Å². The summed E-state index contributed by atoms with van der Waals surface area (Å²) in [5, 5.41) is 15.9. The maximum Gasteiger partial charge on any atom is 0.490 e. The Hall–Kier alpha value is -4.63. The Kier molecular flexibility index (Phi) is 13.4. The van der Waals surface area contributed by atoms with Gasteiger partial charge < -0.3 is 31.5 Å². The zero-order valence-electron chi connectivity index (χ0n) is 24.8. The summed E-state index contributed by atoms with van der Waals surface area (Å²) in [5.41, 5.74) is 8.86. The van der Waals surface area contributed by atoms with E-state index in [-0.39, 0.29) is 29.0 Å². The highest BCUT2D eigenvalue weighted by Gasteiger charge is 2.38. The number of halogens is 3. The van der Waals surface area contributed by atoms with Crippen molar-refractivity contribution in [1.82, 2.24) is 5.32 Å². The van der Waals surface area contributed by atoms with Gasteiger partial charge in [-0.25, -0.2) is 13.2 Å². The fourth-order valence-corrected chi connectivity index (χ4v) is 5.01. The van der Waals surface area contributed by atoms with Crippen molar-refractivity contribution in [3.05, 3.63) is 83.4 Å². The lowest BCUT2D eigenvalue weighted by Crippen LogP contribution is -2.33. The summed E-state index contributed by atoms with van der Waals surface area (Å²) in [4.78, 5) is 34.1. The number of amides is 2. The summed E-state index contributed by atoms with van der Waals surface area (Å²) in [7, 11) is -3.57. The quantitative estimate of drug-likeness (QED) is 0.190. The highest BCUT2D eigenvalue weighted by molar-refractivity contribution is 7.91. The second-order valence-electron chi connectivity index (χ2n) is 9.41. The molecule has 0 aromatic heterocycles. The Labute approximate surface area is 258 Å². The Bertz CT molecular complexity index is 1580. The lowest BCUT2D eigenvalue weighted by molar-refractivity contribution is -0.192. The van der Waals surface area contributed by atoms with E-state index in [1.165, 1.54) is 19.1 Å². The molecule has 6 N–H and O–H groups in total. The van der Waals surface area contributed by atoms with Gasteiger partial charge in [0.05, 0.1) is 17.3 Å². The van der Waals surface area contributed by atoms with Crippen molar-refractivity contribution in [3.63, 3.8) is 0 Å². The van der Waals surface area contributed by atoms with Gasteiger partial charge in [0, 0.05) is 31.4 Å². The maximum absolute atomic E-state index is 13.6. The molecular formula is C30H35F3N4O7S. The molecule has 0 aliphatic heterocycles. The van der Waals surface area contributed by atoms with Crippen LogP contribution in [-0.2, 0) is 37.3 Å². The van der Waals surface area contributed by atoms with Gasteiger partial charge in [-0.1, -0.05) is 31.2 Å². The molecule has 15 heteroatoms. The van der Waals surface area contributed by atoms with E-state index in [4.69, 9.17) is 20.4 Å². The molecule has 0 saturated heterocycles. The van der Waals surface area contributed by atoms with Crippen molar-refractivity contribution >= 4 is 39.0 Å². The molecule has 0 saturated carbocycles. The molecule has 3 aromatic carbocycles. The van der Waals surface area contributed by atoms with Crippen molar-refractivity contribution in [1.29, 1.82) is 0 Å². The molecule has 3 aromatic rings. The van der Waals surface area contributed by atoms with E-state index in [9.17, 15) is 31.2 Å². The largest absolute Gasteiger partial charge is 0.494 e. The molecule has 0 aliphatic rings. The van der Waals surface area contributed by atoms with Crippen LogP contribution in [0.2, 0.25) is 0 Å². The number of hydrogen-bond donors (Lipinski definition) is 5. The summed E-state index contributed by atoms with van der Waals surface area (Å²) >= 11 is 0. The molecule has 0 radical (unpaired) electrons. The first-order valence-electron chi connectivity index (χ1n) is 13.6. The lowest BCUT2D eigenvalue weighted by Gasteiger charge is -2.21. The van der Waals surface area contributed by atoms with E-state index >= 15 is 0 Å². The van der Waals surface area contributed by atoms with Crippen LogP contribution < -0.4 is 26.4 Å². The average molecular weight is 653 g/mol. The summed E-state index contributed by atoms with van der Waals surface area (Å²) in [5.74, 6) is -2.88. The molecule has 2 amide bonds. The topological polar surface area (TPSA) is 177 Å². The minimum Gasteiger partial charge on any atom is -0.494 e. The number of carbonyl (C=O) groups is 3. The lowest BCUT2D eigenvalue weighted by atomic mass is 10.0. The van der Waals surface area contributed by atoms with E-state index in [1.807, 2.05) is 49.4 Å². The monoisotopic (exact) mass is 652 g/mol. The number of sulfone groups is 1. The van der Waals surface area contributed by atoms with E-state index in [0.29, 0.717) is 41.4 Å². The van der Waals surface area contributed by atoms with Gasteiger partial charge in [0.1, 0.15) is 11.8 Å². The standard InChI is InChI=1S/C28H34N4O5S.C2HF3O2/c1-4-37-25-8-6-7-21(16-25)27(32-23-11-9-20(17-29)10-12-23)28(34)30-18-22-15-24(31-19(3)33)13-14-26(22)38(35,36)5-2;3-2(4,5)1(6)7/h6-16,27,32H,4-5,17-18,29H2,1-3H3,(H,30,34)(H,31,33);(H,6,7). The number of alkyl halides is 3. The Morgan fingerprint density at radius 1 is 0.978 bits per heavy atom. The van der Waals surface area contributed by atoms with Crippen molar-refractivity contribution in [2.45, 2.75) is 51.0 Å². The van der Waals surface area contributed by atoms with Crippen LogP contribution in [0.25, 0.3) is 0 Å². The molecule has 0 spiro atoms. The number of aliphatic carboxylic acids is 1. The molecule has 45 heavy (non-hydrogen) atoms. The van der Waals surface area contributed by atoms with Gasteiger partial charge in [0.15, 0.2) is 9.84 Å². The number of ether oxygens (including phenoxy) is 1. The van der Waals surface area contributed by atoms with Crippen molar-refractivity contribution in [2.75, 3.05) is 23.0 Å². The first-order chi connectivity index (χ1) is 21.1. The van der Waals surface area contributed by atoms with Gasteiger partial charge in [-0.05, 0) is 66.1 Å². The van der Waals surface area contributed by atoms with Crippen LogP contribution in [0.15, 0.2) is 71.6 Å². The van der Waals surface area contributed by atoms with Crippen molar-refractivity contribution in [3.8, 4) is 5.75 Å². The molecule has 0 bridgehead atoms. The number of carboxylic acid groups (broad SMARTS) is 1. The van der Waals surface area contributed by atoms with Crippen LogP contribution >= 0.6 is 0 Å². The highest BCUT2D eigenvalue weighted by Crippen LogP contribution is 2.26. The third-order valence-corrected chi connectivity index (χ3v) is 7.89. The van der Waals surface area contributed by atoms with Gasteiger partial charge >= 0.3 is 12.1 Å². The summed E-state index contributed by atoms with van der Waals surface area (Å²) in [6, 6.07) is 18.4. The molecule has 0 fully saturated rings. The Morgan fingerprint density at radius 2 is 1.60 bits per heavy atom. The highest BCUT2D eigenvalue weighted by atomic mass is 32.2. The molecule has 0 aliphatic carbocycles. The number of nitrogens with two attached hydrogens (primary N) is 1. The van der Waals surface area contributed by atoms with Crippen LogP contribution in [0.3, 0.4) is 0 Å². The molecule has 1 atom stereocenters. The second-order valence-corrected chi connectivity index (χ2v) is 11.7. The Balaban J connectivity index is 0.000000900. The minimum atomic E-state index is -5.08. The third kappa shape index (κ3) is 11.4. The molecule has 11 nitrogen and oxygen atoms in total. The van der Waals surface area contributed by atoms with Gasteiger partial charge in [0.2, 0.25) is 11.8 Å². The van der Waals surface area contributed by atoms with Crippen LogP contribution in [0, 0.1) is 0 Å². The first kappa shape index (κ1) is 36.6. The SMILES string of the molecule is CCOc1cccc(C(Nc2ccc(CN)cc2)C(=O)NCc2cc(NC(C)=O)ccc2S(=O)(=O)CC)c1.O=C(O)C(F)(F)F. The molecule has 1 unspecified atom stereocenters. The van der Waals surface area contributed by atoms with Gasteiger partial charge in [-0.3, -0.25) is 9.59 Å². The predicted molar refractivity (Wildman–Crippen MR) is 162 cm³/mol. The van der Waals surface area contributed by atoms with Gasteiger partial charge in [0.25, 0.3) is 0 Å². The third-order valence-electron chi connectivity index (χ3n) is 6.06. The van der Waals surface area contributed by atoms with Crippen molar-refractivity contribution in [2.24, 2.45) is 5.73 Å². The fourth-order valence-electron chi connectivity index (χ4n) is 3.90. The summed E-state index contributed by atoms with van der Waals surface area (Å²) in [6.45, 7) is 5.63. The van der Waals surface area contributed by atoms with Crippen LogP contribution in [0.5, 0.6) is 5.75 Å². The Morgan fingerprint density at radius 3 is 2.13 bits per heavy atom. The van der Waals surface area contributed by atoms with Gasteiger partial charge in [-0.2, -0.15) is 13.2 Å². The van der Waals surface area contributed by atoms with E-state index in [0.717, 1.165) is 5.56 Å². The van der Waals surface area contributed by atoms with Crippen molar-refractivity contribution < 1.29 is 45.8 Å². The maximum atomic E-state index is 13.6. The number of carbonyl (C=O) groups excluding carboxylic acids is 2. The number of benzene rings is 3. The van der Waals surface area contributed by atoms with Crippen LogP contribution in [0.4, 0.5) is 24.5 Å². The zero-order valence-corrected chi connectivity index (χ0v) is 25.6. The summed E-state index contributed by atoms with van der Waals surface area (Å²) < 4.78 is 62.8. The van der Waals surface area contributed by atoms with Gasteiger partial charge in [-0.15, -0.1) is 0 Å².